The predicted molar refractivity (Wildman–Crippen MR) is 85.8 cm³/mol. The first kappa shape index (κ1) is 14.2. The van der Waals surface area contributed by atoms with Gasteiger partial charge >= 0.3 is 0 Å². The third kappa shape index (κ3) is 3.31. The third-order valence-corrected chi connectivity index (χ3v) is 4.81. The smallest absolute Gasteiger partial charge is 0.245 e. The van der Waals surface area contributed by atoms with E-state index in [4.69, 9.17) is 0 Å². The van der Waals surface area contributed by atoms with E-state index in [0.29, 0.717) is 0 Å². The van der Waals surface area contributed by atoms with Gasteiger partial charge in [0.1, 0.15) is 0 Å². The van der Waals surface area contributed by atoms with E-state index in [0.717, 1.165) is 30.9 Å². The molecule has 0 radical (unpaired) electrons. The Hall–Kier alpha value is -1.72. The minimum atomic E-state index is -0.0449. The van der Waals surface area contributed by atoms with Crippen molar-refractivity contribution in [1.29, 1.82) is 0 Å². The average Bonchev–Trinajstić information content (AvgIpc) is 3.18. The molecule has 1 atom stereocenters. The van der Waals surface area contributed by atoms with Crippen molar-refractivity contribution in [3.63, 3.8) is 0 Å². The topological polar surface area (TPSA) is 45.2 Å². The summed E-state index contributed by atoms with van der Waals surface area (Å²) < 4.78 is 0. The van der Waals surface area contributed by atoms with Crippen LogP contribution in [0.1, 0.15) is 23.3 Å². The Bertz CT molecular complexity index is 605. The molecule has 1 aromatic heterocycles. The number of nitrogens with zero attached hydrogens (tertiary/aromatic N) is 2. The molecule has 21 heavy (non-hydrogen) atoms. The third-order valence-electron chi connectivity index (χ3n) is 3.74. The molecular weight excluding hydrogens is 282 g/mol. The lowest BCUT2D eigenvalue weighted by Gasteiger charge is -2.18. The SMILES string of the molecule is CN(C(=O)C1CCCN1)c1ncc(Cc2ccccc2)s1. The molecule has 0 bridgehead atoms. The van der Waals surface area contributed by atoms with Crippen LogP contribution >= 0.6 is 11.3 Å². The maximum atomic E-state index is 12.3. The van der Waals surface area contributed by atoms with Crippen LogP contribution in [-0.2, 0) is 11.2 Å². The zero-order chi connectivity index (χ0) is 14.7. The second-order valence-electron chi connectivity index (χ2n) is 5.32. The molecule has 110 valence electrons. The molecule has 0 spiro atoms. The van der Waals surface area contributed by atoms with Crippen LogP contribution in [0.25, 0.3) is 0 Å². The van der Waals surface area contributed by atoms with Crippen molar-refractivity contribution < 1.29 is 4.79 Å². The molecule has 1 fully saturated rings. The van der Waals surface area contributed by atoms with Gasteiger partial charge in [0, 0.05) is 24.5 Å². The van der Waals surface area contributed by atoms with Crippen molar-refractivity contribution in [3.05, 3.63) is 47.0 Å². The molecule has 1 saturated heterocycles. The van der Waals surface area contributed by atoms with Crippen LogP contribution in [0.5, 0.6) is 0 Å². The number of thiazole rings is 1. The van der Waals surface area contributed by atoms with E-state index in [1.807, 2.05) is 31.4 Å². The molecule has 4 nitrogen and oxygen atoms in total. The van der Waals surface area contributed by atoms with Gasteiger partial charge in [0.15, 0.2) is 5.13 Å². The molecule has 5 heteroatoms. The lowest BCUT2D eigenvalue weighted by molar-refractivity contribution is -0.119. The Morgan fingerprint density at radius 3 is 2.95 bits per heavy atom. The first-order chi connectivity index (χ1) is 10.2. The monoisotopic (exact) mass is 301 g/mol. The highest BCUT2D eigenvalue weighted by Gasteiger charge is 2.26. The van der Waals surface area contributed by atoms with Crippen LogP contribution in [0.4, 0.5) is 5.13 Å². The normalized spacial score (nSPS) is 17.9. The lowest BCUT2D eigenvalue weighted by Crippen LogP contribution is -2.41. The van der Waals surface area contributed by atoms with Gasteiger partial charge in [-0.2, -0.15) is 0 Å². The zero-order valence-electron chi connectivity index (χ0n) is 12.1. The van der Waals surface area contributed by atoms with E-state index < -0.39 is 0 Å². The summed E-state index contributed by atoms with van der Waals surface area (Å²) in [6.07, 6.45) is 4.73. The molecule has 3 rings (SSSR count). The summed E-state index contributed by atoms with van der Waals surface area (Å²) in [6.45, 7) is 0.932. The van der Waals surface area contributed by atoms with Gasteiger partial charge in [-0.15, -0.1) is 11.3 Å². The second kappa shape index (κ2) is 6.37. The number of aromatic nitrogens is 1. The van der Waals surface area contributed by atoms with Crippen molar-refractivity contribution in [3.8, 4) is 0 Å². The van der Waals surface area contributed by atoms with Crippen molar-refractivity contribution in [2.45, 2.75) is 25.3 Å². The number of amides is 1. The van der Waals surface area contributed by atoms with Crippen molar-refractivity contribution in [1.82, 2.24) is 10.3 Å². The van der Waals surface area contributed by atoms with Gasteiger partial charge in [-0.3, -0.25) is 9.69 Å². The molecule has 1 aromatic carbocycles. The highest BCUT2D eigenvalue weighted by atomic mass is 32.1. The molecule has 0 aliphatic carbocycles. The molecule has 2 heterocycles. The van der Waals surface area contributed by atoms with Gasteiger partial charge in [-0.1, -0.05) is 30.3 Å². The zero-order valence-corrected chi connectivity index (χ0v) is 12.9. The average molecular weight is 301 g/mol. The molecule has 0 saturated carbocycles. The number of likely N-dealkylation sites (N-methyl/N-ethyl adjacent to an activating group) is 1. The summed E-state index contributed by atoms with van der Waals surface area (Å²) in [6, 6.07) is 10.3. The minimum Gasteiger partial charge on any atom is -0.306 e. The molecule has 1 amide bonds. The highest BCUT2D eigenvalue weighted by Crippen LogP contribution is 2.25. The van der Waals surface area contributed by atoms with Crippen LogP contribution in [0.15, 0.2) is 36.5 Å². The van der Waals surface area contributed by atoms with Crippen molar-refractivity contribution >= 4 is 22.4 Å². The fourth-order valence-corrected chi connectivity index (χ4v) is 3.47. The van der Waals surface area contributed by atoms with Crippen LogP contribution in [0.3, 0.4) is 0 Å². The van der Waals surface area contributed by atoms with E-state index >= 15 is 0 Å². The first-order valence-electron chi connectivity index (χ1n) is 7.23. The summed E-state index contributed by atoms with van der Waals surface area (Å²) in [5.74, 6) is 0.119. The van der Waals surface area contributed by atoms with Gasteiger partial charge in [0.2, 0.25) is 5.91 Å². The number of hydrogen-bond acceptors (Lipinski definition) is 4. The summed E-state index contributed by atoms with van der Waals surface area (Å²) in [4.78, 5) is 19.6. The quantitative estimate of drug-likeness (QED) is 0.943. The molecule has 2 aromatic rings. The standard InChI is InChI=1S/C16H19N3OS/c1-19(15(20)14-8-5-9-17-14)16-18-11-13(21-16)10-12-6-3-2-4-7-12/h2-4,6-7,11,14,17H,5,8-10H2,1H3. The number of carbonyl (C=O) groups excluding carboxylic acids is 1. The predicted octanol–water partition coefficient (Wildman–Crippen LogP) is 2.45. The van der Waals surface area contributed by atoms with E-state index in [9.17, 15) is 4.79 Å². The van der Waals surface area contributed by atoms with Crippen LogP contribution in [-0.4, -0.2) is 30.5 Å². The first-order valence-corrected chi connectivity index (χ1v) is 8.05. The van der Waals surface area contributed by atoms with Gasteiger partial charge in [0.25, 0.3) is 0 Å². The summed E-state index contributed by atoms with van der Waals surface area (Å²) in [5.41, 5.74) is 1.26. The van der Waals surface area contributed by atoms with Crippen LogP contribution in [0.2, 0.25) is 0 Å². The Labute approximate surface area is 128 Å². The van der Waals surface area contributed by atoms with Crippen LogP contribution < -0.4 is 10.2 Å². The van der Waals surface area contributed by atoms with Crippen molar-refractivity contribution in [2.24, 2.45) is 0 Å². The van der Waals surface area contributed by atoms with Gasteiger partial charge in [-0.05, 0) is 24.9 Å². The fraction of sp³-hybridized carbons (Fsp3) is 0.375. The Balaban J connectivity index is 1.68. The van der Waals surface area contributed by atoms with Gasteiger partial charge < -0.3 is 5.32 Å². The van der Waals surface area contributed by atoms with Crippen molar-refractivity contribution in [2.75, 3.05) is 18.5 Å². The molecule has 1 N–H and O–H groups in total. The fourth-order valence-electron chi connectivity index (χ4n) is 2.55. The number of benzene rings is 1. The van der Waals surface area contributed by atoms with E-state index in [1.54, 1.807) is 16.2 Å². The summed E-state index contributed by atoms with van der Waals surface area (Å²) >= 11 is 1.59. The van der Waals surface area contributed by atoms with E-state index in [-0.39, 0.29) is 11.9 Å². The highest BCUT2D eigenvalue weighted by molar-refractivity contribution is 7.15. The van der Waals surface area contributed by atoms with Gasteiger partial charge in [-0.25, -0.2) is 4.98 Å². The number of nitrogens with one attached hydrogen (secondary N) is 1. The summed E-state index contributed by atoms with van der Waals surface area (Å²) in [7, 11) is 1.81. The second-order valence-corrected chi connectivity index (χ2v) is 6.41. The minimum absolute atomic E-state index is 0.0449. The Morgan fingerprint density at radius 1 is 1.43 bits per heavy atom. The number of anilines is 1. The Morgan fingerprint density at radius 2 is 2.24 bits per heavy atom. The van der Waals surface area contributed by atoms with E-state index in [1.165, 1.54) is 10.4 Å². The summed E-state index contributed by atoms with van der Waals surface area (Å²) in [5, 5.41) is 4.02. The maximum Gasteiger partial charge on any atom is 0.245 e. The van der Waals surface area contributed by atoms with E-state index in [2.05, 4.69) is 22.4 Å². The molecule has 1 aliphatic rings. The largest absolute Gasteiger partial charge is 0.306 e. The molecule has 1 aliphatic heterocycles. The number of carbonyl (C=O) groups is 1. The maximum absolute atomic E-state index is 12.3. The van der Waals surface area contributed by atoms with Gasteiger partial charge in [0.05, 0.1) is 6.04 Å². The lowest BCUT2D eigenvalue weighted by atomic mass is 10.1. The van der Waals surface area contributed by atoms with Crippen LogP contribution in [0, 0.1) is 0 Å². The number of rotatable bonds is 4. The Kier molecular flexibility index (Phi) is 4.31. The molecular formula is C16H19N3OS. The number of hydrogen-bond donors (Lipinski definition) is 1. The molecule has 1 unspecified atom stereocenters.